The van der Waals surface area contributed by atoms with Gasteiger partial charge in [0.05, 0.1) is 5.41 Å². The maximum absolute atomic E-state index is 2.54. The number of para-hydroxylation sites is 2. The van der Waals surface area contributed by atoms with Gasteiger partial charge in [0.2, 0.25) is 0 Å². The summed E-state index contributed by atoms with van der Waals surface area (Å²) < 4.78 is 2.58. The minimum absolute atomic E-state index is 0.00455. The van der Waals surface area contributed by atoms with Gasteiger partial charge in [-0.15, -0.1) is 11.3 Å². The highest BCUT2D eigenvalue weighted by Gasteiger charge is 2.51. The lowest BCUT2D eigenvalue weighted by atomic mass is 9.58. The van der Waals surface area contributed by atoms with Crippen LogP contribution in [0.1, 0.15) is 67.5 Å². The lowest BCUT2D eigenvalue weighted by Gasteiger charge is -2.43. The number of thiophene rings is 1. The van der Waals surface area contributed by atoms with Gasteiger partial charge >= 0.3 is 0 Å². The second-order valence-corrected chi connectivity index (χ2v) is 18.6. The summed E-state index contributed by atoms with van der Waals surface area (Å²) in [5.74, 6) is 0.147. The van der Waals surface area contributed by atoms with Crippen LogP contribution in [0, 0.1) is 0 Å². The molecule has 0 fully saturated rings. The Morgan fingerprint density at radius 1 is 0.385 bits per heavy atom. The average molecular weight is 846 g/mol. The van der Waals surface area contributed by atoms with E-state index >= 15 is 0 Å². The average Bonchev–Trinajstić information content (AvgIpc) is 3.89. The summed E-state index contributed by atoms with van der Waals surface area (Å²) in [6.07, 6.45) is 0. The molecule has 0 N–H and O–H groups in total. The van der Waals surface area contributed by atoms with Gasteiger partial charge in [-0.25, -0.2) is 0 Å². The molecule has 11 aromatic rings. The molecular weight excluding hydrogens is 803 g/mol. The van der Waals surface area contributed by atoms with E-state index in [1.165, 1.54) is 86.9 Å². The summed E-state index contributed by atoms with van der Waals surface area (Å²) in [6, 6.07) is 92.8. The molecule has 0 saturated carbocycles. The molecule has 306 valence electrons. The topological polar surface area (TPSA) is 3.24 Å². The van der Waals surface area contributed by atoms with Crippen LogP contribution in [0.2, 0.25) is 0 Å². The number of rotatable bonds is 7. The molecule has 1 spiro atoms. The van der Waals surface area contributed by atoms with Crippen molar-refractivity contribution in [3.05, 3.63) is 304 Å². The van der Waals surface area contributed by atoms with Crippen molar-refractivity contribution in [3.8, 4) is 11.1 Å². The maximum Gasteiger partial charge on any atom is 0.0719 e. The smallest absolute Gasteiger partial charge is 0.0719 e. The first kappa shape index (κ1) is 37.7. The van der Waals surface area contributed by atoms with Crippen molar-refractivity contribution >= 4 is 48.6 Å². The summed E-state index contributed by atoms with van der Waals surface area (Å²) in [5.41, 5.74) is 19.0. The van der Waals surface area contributed by atoms with Gasteiger partial charge in [0.1, 0.15) is 0 Å². The van der Waals surface area contributed by atoms with Gasteiger partial charge in [0.25, 0.3) is 0 Å². The number of benzene rings is 10. The fourth-order valence-corrected chi connectivity index (χ4v) is 12.8. The number of hydrogen-bond donors (Lipinski definition) is 0. The molecule has 2 heteroatoms. The Hall–Kier alpha value is -7.78. The van der Waals surface area contributed by atoms with Gasteiger partial charge in [-0.1, -0.05) is 200 Å². The van der Waals surface area contributed by atoms with Gasteiger partial charge in [-0.05, 0) is 115 Å². The molecule has 1 heterocycles. The van der Waals surface area contributed by atoms with Crippen LogP contribution >= 0.6 is 11.3 Å². The first-order chi connectivity index (χ1) is 32.3. The van der Waals surface area contributed by atoms with E-state index < -0.39 is 5.41 Å². The van der Waals surface area contributed by atoms with Crippen LogP contribution in [0.3, 0.4) is 0 Å². The first-order valence-corrected chi connectivity index (χ1v) is 23.5. The quantitative estimate of drug-likeness (QED) is 0.144. The molecule has 0 saturated heterocycles. The zero-order valence-corrected chi connectivity index (χ0v) is 36.5. The molecule has 0 amide bonds. The van der Waals surface area contributed by atoms with Gasteiger partial charge in [-0.2, -0.15) is 0 Å². The molecule has 1 unspecified atom stereocenters. The Bertz CT molecular complexity index is 3470. The van der Waals surface area contributed by atoms with E-state index in [1.807, 2.05) is 11.3 Å². The van der Waals surface area contributed by atoms with Crippen LogP contribution in [0.4, 0.5) is 17.1 Å². The van der Waals surface area contributed by atoms with E-state index in [0.29, 0.717) is 0 Å². The Balaban J connectivity index is 1.01. The van der Waals surface area contributed by atoms with E-state index in [9.17, 15) is 0 Å². The second-order valence-electron chi connectivity index (χ2n) is 17.5. The zero-order valence-electron chi connectivity index (χ0n) is 35.7. The van der Waals surface area contributed by atoms with E-state index in [1.54, 1.807) is 0 Å². The third-order valence-electron chi connectivity index (χ3n) is 14.1. The van der Waals surface area contributed by atoms with E-state index in [2.05, 4.69) is 254 Å². The van der Waals surface area contributed by atoms with Crippen molar-refractivity contribution in [2.75, 3.05) is 4.90 Å². The van der Waals surface area contributed by atoms with E-state index in [4.69, 9.17) is 0 Å². The van der Waals surface area contributed by atoms with Crippen molar-refractivity contribution in [2.45, 2.75) is 17.3 Å². The number of nitrogens with zero attached hydrogens (tertiary/aromatic N) is 1. The van der Waals surface area contributed by atoms with Crippen molar-refractivity contribution in [1.82, 2.24) is 0 Å². The monoisotopic (exact) mass is 845 g/mol. The summed E-state index contributed by atoms with van der Waals surface area (Å²) in [5, 5.41) is 2.62. The molecule has 1 nitrogen and oxygen atoms in total. The summed E-state index contributed by atoms with van der Waals surface area (Å²) >= 11 is 1.89. The Morgan fingerprint density at radius 3 is 1.63 bits per heavy atom. The largest absolute Gasteiger partial charge is 0.310 e. The highest BCUT2D eigenvalue weighted by atomic mass is 32.1. The fraction of sp³-hybridized carbons (Fsp3) is 0.0476. The summed E-state index contributed by atoms with van der Waals surface area (Å²) in [4.78, 5) is 2.36. The predicted molar refractivity (Wildman–Crippen MR) is 273 cm³/mol. The molecule has 0 radical (unpaired) electrons. The van der Waals surface area contributed by atoms with Gasteiger partial charge < -0.3 is 4.90 Å². The van der Waals surface area contributed by atoms with E-state index in [-0.39, 0.29) is 11.8 Å². The lowest BCUT2D eigenvalue weighted by molar-refractivity contribution is 0.696. The summed E-state index contributed by atoms with van der Waals surface area (Å²) in [6.45, 7) is 0. The number of hydrogen-bond acceptors (Lipinski definition) is 2. The molecule has 0 aliphatic heterocycles. The van der Waals surface area contributed by atoms with Crippen LogP contribution in [0.25, 0.3) is 31.3 Å². The minimum atomic E-state index is -0.459. The number of anilines is 3. The van der Waals surface area contributed by atoms with Gasteiger partial charge in [-0.3, -0.25) is 0 Å². The lowest BCUT2D eigenvalue weighted by Crippen LogP contribution is -2.36. The van der Waals surface area contributed by atoms with Crippen molar-refractivity contribution in [2.24, 2.45) is 0 Å². The van der Waals surface area contributed by atoms with Crippen molar-refractivity contribution < 1.29 is 0 Å². The van der Waals surface area contributed by atoms with Crippen LogP contribution < -0.4 is 4.90 Å². The normalized spacial score (nSPS) is 16.2. The highest BCUT2D eigenvalue weighted by molar-refractivity contribution is 7.25. The standard InChI is InChI=1S/C63H43NS/c1-5-20-42(21-6-1)60(52-31-19-35-58-62(52)51-38-37-47(41-59(51)65-58)64(45-24-9-3-10-25-45)46-26-11-4-12-27-46)44-36-39-57-53(40-44)48-28-13-16-32-54(48)63(57)55-33-17-14-29-49(55)61(43-22-7-2-8-23-43)50-30-15-18-34-56(50)63/h1-41,60-61H. The van der Waals surface area contributed by atoms with Gasteiger partial charge in [0, 0.05) is 49.1 Å². The fourth-order valence-electron chi connectivity index (χ4n) is 11.6. The molecule has 1 aromatic heterocycles. The van der Waals surface area contributed by atoms with Crippen LogP contribution in [-0.4, -0.2) is 0 Å². The molecule has 65 heavy (non-hydrogen) atoms. The Labute approximate surface area is 384 Å². The Kier molecular flexibility index (Phi) is 8.82. The number of fused-ring (bicyclic) bond motifs is 12. The molecule has 1 atom stereocenters. The predicted octanol–water partition coefficient (Wildman–Crippen LogP) is 16.6. The molecule has 2 aliphatic rings. The van der Waals surface area contributed by atoms with Crippen LogP contribution in [0.5, 0.6) is 0 Å². The molecule has 13 rings (SSSR count). The van der Waals surface area contributed by atoms with Crippen LogP contribution in [0.15, 0.2) is 249 Å². The molecule has 2 aliphatic carbocycles. The molecule has 0 bridgehead atoms. The SMILES string of the molecule is c1ccc(C2c3ccccc3C3(c4ccccc4-c4cc(C(c5ccccc5)c5cccc6sc7cc(N(c8ccccc8)c8ccccc8)ccc7c56)ccc43)c3ccccc32)cc1. The minimum Gasteiger partial charge on any atom is -0.310 e. The molecular formula is C63H43NS. The van der Waals surface area contributed by atoms with Gasteiger partial charge in [0.15, 0.2) is 0 Å². The third kappa shape index (κ3) is 5.77. The van der Waals surface area contributed by atoms with Crippen LogP contribution in [-0.2, 0) is 5.41 Å². The first-order valence-electron chi connectivity index (χ1n) is 22.7. The maximum atomic E-state index is 2.54. The zero-order chi connectivity index (χ0) is 42.9. The van der Waals surface area contributed by atoms with Crippen molar-refractivity contribution in [3.63, 3.8) is 0 Å². The third-order valence-corrected chi connectivity index (χ3v) is 15.2. The highest BCUT2D eigenvalue weighted by Crippen LogP contribution is 2.62. The van der Waals surface area contributed by atoms with E-state index in [0.717, 1.165) is 17.1 Å². The second kappa shape index (κ2) is 15.2. The molecule has 10 aromatic carbocycles. The summed E-state index contributed by atoms with van der Waals surface area (Å²) in [7, 11) is 0. The van der Waals surface area contributed by atoms with Crippen molar-refractivity contribution in [1.29, 1.82) is 0 Å². The Morgan fingerprint density at radius 2 is 0.954 bits per heavy atom.